The van der Waals surface area contributed by atoms with Gasteiger partial charge in [-0.3, -0.25) is 0 Å². The largest absolute Gasteiger partial charge is 0.309 e. The molecule has 0 aliphatic heterocycles. The molecule has 0 radical (unpaired) electrons. The highest BCUT2D eigenvalue weighted by molar-refractivity contribution is 7.26. The molecule has 0 aliphatic rings. The highest BCUT2D eigenvalue weighted by Crippen LogP contribution is 2.42. The zero-order valence-electron chi connectivity index (χ0n) is 29.8. The number of nitrogens with zero attached hydrogens (tertiary/aromatic N) is 1. The molecular formula is C50H37NS2. The lowest BCUT2D eigenvalue weighted by Crippen LogP contribution is -1.93. The predicted molar refractivity (Wildman–Crippen MR) is 236 cm³/mol. The van der Waals surface area contributed by atoms with E-state index in [9.17, 15) is 0 Å². The average Bonchev–Trinajstić information content (AvgIpc) is 3.86. The number of aromatic nitrogens is 1. The van der Waals surface area contributed by atoms with E-state index in [-0.39, 0.29) is 0 Å². The number of allylic oxidation sites excluding steroid dienone is 3. The average molecular weight is 716 g/mol. The Morgan fingerprint density at radius 1 is 0.642 bits per heavy atom. The molecule has 0 atom stereocenters. The Balaban J connectivity index is 1.08. The second kappa shape index (κ2) is 13.5. The third-order valence-electron chi connectivity index (χ3n) is 10.3. The van der Waals surface area contributed by atoms with Crippen LogP contribution in [0.3, 0.4) is 0 Å². The van der Waals surface area contributed by atoms with E-state index in [4.69, 9.17) is 0 Å². The van der Waals surface area contributed by atoms with Gasteiger partial charge in [-0.2, -0.15) is 0 Å². The summed E-state index contributed by atoms with van der Waals surface area (Å²) in [4.78, 5) is 2.44. The summed E-state index contributed by atoms with van der Waals surface area (Å²) in [6.07, 6.45) is 10.2. The van der Waals surface area contributed by atoms with E-state index in [2.05, 4.69) is 183 Å². The number of rotatable bonds is 8. The zero-order chi connectivity index (χ0) is 36.1. The molecule has 0 bridgehead atoms. The molecule has 0 saturated heterocycles. The van der Waals surface area contributed by atoms with Crippen LogP contribution in [0.4, 0.5) is 0 Å². The molecule has 254 valence electrons. The fourth-order valence-corrected chi connectivity index (χ4v) is 10.2. The molecule has 9 aromatic rings. The highest BCUT2D eigenvalue weighted by atomic mass is 32.1. The van der Waals surface area contributed by atoms with Gasteiger partial charge >= 0.3 is 0 Å². The van der Waals surface area contributed by atoms with Crippen LogP contribution in [0.1, 0.15) is 33.4 Å². The van der Waals surface area contributed by atoms with Crippen LogP contribution in [-0.4, -0.2) is 4.57 Å². The molecule has 3 heteroatoms. The standard InChI is InChI=1S/C50H37NS2/c1-5-13-38-32(4)49(52-47(38)7-3)39(14-6-2)34-23-21-33(22-24-34)36-27-30-46-44(31-36)41-15-8-10-19-45(41)51(46)37-28-25-35(26-29-37)40-17-12-18-43-42-16-9-11-20-48(42)53-50(40)43/h5-31H,2-3H2,1,4H3/b13-5-,39-14-. The molecule has 0 saturated carbocycles. The molecule has 0 amide bonds. The summed E-state index contributed by atoms with van der Waals surface area (Å²) < 4.78 is 5.07. The van der Waals surface area contributed by atoms with Gasteiger partial charge in [0, 0.05) is 46.4 Å². The topological polar surface area (TPSA) is 4.93 Å². The minimum Gasteiger partial charge on any atom is -0.309 e. The summed E-state index contributed by atoms with van der Waals surface area (Å²) in [7, 11) is 0. The molecule has 0 aliphatic carbocycles. The predicted octanol–water partition coefficient (Wildman–Crippen LogP) is 15.1. The number of benzene rings is 6. The van der Waals surface area contributed by atoms with Crippen LogP contribution in [-0.2, 0) is 0 Å². The Kier molecular flexibility index (Phi) is 8.39. The first-order valence-corrected chi connectivity index (χ1v) is 19.6. The van der Waals surface area contributed by atoms with Crippen molar-refractivity contribution in [2.24, 2.45) is 0 Å². The lowest BCUT2D eigenvalue weighted by Gasteiger charge is -2.11. The molecule has 9 rings (SSSR count). The van der Waals surface area contributed by atoms with E-state index in [1.54, 1.807) is 11.3 Å². The van der Waals surface area contributed by atoms with Crippen LogP contribution < -0.4 is 0 Å². The summed E-state index contributed by atoms with van der Waals surface area (Å²) >= 11 is 3.66. The van der Waals surface area contributed by atoms with Crippen LogP contribution in [0.25, 0.3) is 87.6 Å². The Labute approximate surface area is 318 Å². The first kappa shape index (κ1) is 32.9. The second-order valence-corrected chi connectivity index (χ2v) is 15.4. The number of fused-ring (bicyclic) bond motifs is 6. The summed E-state index contributed by atoms with van der Waals surface area (Å²) in [6, 6.07) is 49.1. The van der Waals surface area contributed by atoms with Crippen molar-refractivity contribution in [1.29, 1.82) is 0 Å². The van der Waals surface area contributed by atoms with Crippen molar-refractivity contribution in [3.05, 3.63) is 191 Å². The normalized spacial score (nSPS) is 12.2. The van der Waals surface area contributed by atoms with E-state index in [1.165, 1.54) is 96.2 Å². The second-order valence-electron chi connectivity index (χ2n) is 13.3. The summed E-state index contributed by atoms with van der Waals surface area (Å²) in [5.41, 5.74) is 13.3. The maximum Gasteiger partial charge on any atom is 0.0541 e. The molecular weight excluding hydrogens is 679 g/mol. The lowest BCUT2D eigenvalue weighted by atomic mass is 9.96. The van der Waals surface area contributed by atoms with Crippen LogP contribution in [0.15, 0.2) is 165 Å². The van der Waals surface area contributed by atoms with Gasteiger partial charge in [-0.05, 0) is 94.8 Å². The van der Waals surface area contributed by atoms with Crippen molar-refractivity contribution >= 4 is 82.4 Å². The van der Waals surface area contributed by atoms with E-state index in [1.807, 2.05) is 23.5 Å². The monoisotopic (exact) mass is 715 g/mol. The van der Waals surface area contributed by atoms with Gasteiger partial charge in [-0.15, -0.1) is 22.7 Å². The van der Waals surface area contributed by atoms with Crippen molar-refractivity contribution < 1.29 is 0 Å². The maximum absolute atomic E-state index is 4.08. The molecule has 3 heterocycles. The number of hydrogen-bond acceptors (Lipinski definition) is 2. The van der Waals surface area contributed by atoms with Gasteiger partial charge in [0.15, 0.2) is 0 Å². The molecule has 0 spiro atoms. The molecule has 53 heavy (non-hydrogen) atoms. The van der Waals surface area contributed by atoms with Gasteiger partial charge in [0.2, 0.25) is 0 Å². The minimum atomic E-state index is 1.16. The van der Waals surface area contributed by atoms with Gasteiger partial charge in [0.1, 0.15) is 0 Å². The number of para-hydroxylation sites is 1. The first-order chi connectivity index (χ1) is 26.1. The van der Waals surface area contributed by atoms with Gasteiger partial charge < -0.3 is 4.57 Å². The molecule has 0 N–H and O–H groups in total. The van der Waals surface area contributed by atoms with Crippen molar-refractivity contribution in [2.75, 3.05) is 0 Å². The summed E-state index contributed by atoms with van der Waals surface area (Å²) in [6.45, 7) is 12.4. The lowest BCUT2D eigenvalue weighted by molar-refractivity contribution is 1.18. The van der Waals surface area contributed by atoms with Gasteiger partial charge in [-0.25, -0.2) is 0 Å². The highest BCUT2D eigenvalue weighted by Gasteiger charge is 2.18. The number of thiophene rings is 2. The van der Waals surface area contributed by atoms with E-state index < -0.39 is 0 Å². The Bertz CT molecular complexity index is 2920. The quantitative estimate of drug-likeness (QED) is 0.138. The Morgan fingerprint density at radius 3 is 2.11 bits per heavy atom. The zero-order valence-corrected chi connectivity index (χ0v) is 31.4. The summed E-state index contributed by atoms with van der Waals surface area (Å²) in [5, 5.41) is 5.15. The Hall–Kier alpha value is -6.00. The number of hydrogen-bond donors (Lipinski definition) is 0. The molecule has 1 nitrogen and oxygen atoms in total. The van der Waals surface area contributed by atoms with Gasteiger partial charge in [-0.1, -0.05) is 141 Å². The van der Waals surface area contributed by atoms with E-state index in [0.717, 1.165) is 5.69 Å². The fraction of sp³-hybridized carbons (Fsp3) is 0.0400. The van der Waals surface area contributed by atoms with E-state index >= 15 is 0 Å². The van der Waals surface area contributed by atoms with Gasteiger partial charge in [0.05, 0.1) is 11.0 Å². The molecule has 0 unspecified atom stereocenters. The van der Waals surface area contributed by atoms with Crippen LogP contribution in [0, 0.1) is 6.92 Å². The molecule has 6 aromatic carbocycles. The fourth-order valence-electron chi connectivity index (χ4n) is 7.79. The smallest absolute Gasteiger partial charge is 0.0541 e. The van der Waals surface area contributed by atoms with Crippen LogP contribution >= 0.6 is 22.7 Å². The third kappa shape index (κ3) is 5.52. The molecule has 3 aromatic heterocycles. The van der Waals surface area contributed by atoms with Crippen LogP contribution in [0.5, 0.6) is 0 Å². The van der Waals surface area contributed by atoms with E-state index in [0.29, 0.717) is 0 Å². The van der Waals surface area contributed by atoms with Crippen molar-refractivity contribution in [3.63, 3.8) is 0 Å². The molecule has 0 fully saturated rings. The Morgan fingerprint density at radius 2 is 1.34 bits per heavy atom. The minimum absolute atomic E-state index is 1.16. The van der Waals surface area contributed by atoms with Crippen molar-refractivity contribution in [2.45, 2.75) is 13.8 Å². The maximum atomic E-state index is 4.08. The van der Waals surface area contributed by atoms with Crippen molar-refractivity contribution in [1.82, 2.24) is 4.57 Å². The van der Waals surface area contributed by atoms with Gasteiger partial charge in [0.25, 0.3) is 0 Å². The SMILES string of the molecule is C=C/C=C(/c1ccc(-c2ccc3c(c2)c2ccccc2n3-c2ccc(-c3cccc4c3sc3ccccc34)cc2)cc1)c1sc(C=C)c(/C=C\C)c1C. The summed E-state index contributed by atoms with van der Waals surface area (Å²) in [5.74, 6) is 0. The van der Waals surface area contributed by atoms with Crippen molar-refractivity contribution in [3.8, 4) is 27.9 Å². The third-order valence-corrected chi connectivity index (χ3v) is 12.9. The van der Waals surface area contributed by atoms with Crippen LogP contribution in [0.2, 0.25) is 0 Å². The first-order valence-electron chi connectivity index (χ1n) is 17.9.